The summed E-state index contributed by atoms with van der Waals surface area (Å²) in [4.78, 5) is 0. The second-order valence-corrected chi connectivity index (χ2v) is 14.9. The minimum absolute atomic E-state index is 0.172. The fraction of sp³-hybridized carbons (Fsp3) is 0.265. The lowest BCUT2D eigenvalue weighted by Crippen LogP contribution is -2.62. The molecule has 1 fully saturated rings. The minimum atomic E-state index is -0.841. The Labute approximate surface area is 343 Å². The largest absolute Gasteiger partial charge is 0.396 e. The molecule has 6 aromatic carbocycles. The van der Waals surface area contributed by atoms with Crippen LogP contribution in [0.4, 0.5) is 8.78 Å². The van der Waals surface area contributed by atoms with E-state index >= 15 is 0 Å². The maximum absolute atomic E-state index is 14.5. The number of hydrogen-bond acceptors (Lipinski definition) is 6. The van der Waals surface area contributed by atoms with Gasteiger partial charge in [0.05, 0.1) is 45.7 Å². The number of aliphatic hydroxyl groups is 1. The van der Waals surface area contributed by atoms with Crippen molar-refractivity contribution in [3.63, 3.8) is 0 Å². The van der Waals surface area contributed by atoms with Crippen molar-refractivity contribution in [3.05, 3.63) is 202 Å². The first-order valence-electron chi connectivity index (χ1n) is 19.5. The van der Waals surface area contributed by atoms with E-state index in [0.29, 0.717) is 24.3 Å². The average molecular weight is 805 g/mol. The molecule has 0 aliphatic carbocycles. The molecule has 0 bridgehead atoms. The summed E-state index contributed by atoms with van der Waals surface area (Å²) < 4.78 is 63.1. The van der Waals surface area contributed by atoms with Gasteiger partial charge in [-0.05, 0) is 63.6 Å². The van der Waals surface area contributed by atoms with Crippen molar-refractivity contribution in [2.24, 2.45) is 0 Å². The molecule has 1 aliphatic heterocycles. The Balaban J connectivity index is 1.27. The fourth-order valence-electron chi connectivity index (χ4n) is 7.52. The molecule has 0 saturated carbocycles. The molecule has 6 aromatic rings. The highest BCUT2D eigenvalue weighted by Gasteiger charge is 2.51. The third kappa shape index (κ3) is 10.4. The topological polar surface area (TPSA) is 66.4 Å². The summed E-state index contributed by atoms with van der Waals surface area (Å²) >= 11 is 5.79. The molecule has 1 saturated heterocycles. The summed E-state index contributed by atoms with van der Waals surface area (Å²) in [5.41, 5.74) is 6.46. The van der Waals surface area contributed by atoms with Crippen LogP contribution in [-0.2, 0) is 50.1 Å². The van der Waals surface area contributed by atoms with Crippen molar-refractivity contribution in [3.8, 4) is 11.1 Å². The predicted octanol–water partition coefficient (Wildman–Crippen LogP) is 10.4. The first kappa shape index (κ1) is 41.4. The zero-order valence-corrected chi connectivity index (χ0v) is 33.0. The summed E-state index contributed by atoms with van der Waals surface area (Å²) in [5, 5.41) is 10.8. The third-order valence-corrected chi connectivity index (χ3v) is 10.9. The standard InChI is InChI=1S/C49H47ClF2O6/c1-33-24-38(39-25-42(51)45(50)43(52)26-39)22-23-40(33)41(27-53)46-48(56-30-36-18-10-4-11-19-36)49(57-31-37-20-12-5-13-21-37)47(55-29-35-16-8-3-9-17-35)44(58-46)32-54-28-34-14-6-2-7-15-34/h2-26,41,44,46-49,53H,27-32H2,1H3/t41-,44-,46-,47-,48-,49+/m1/s1. The van der Waals surface area contributed by atoms with Crippen molar-refractivity contribution in [1.82, 2.24) is 0 Å². The zero-order valence-electron chi connectivity index (χ0n) is 32.3. The van der Waals surface area contributed by atoms with Crippen LogP contribution >= 0.6 is 11.6 Å². The van der Waals surface area contributed by atoms with E-state index in [1.54, 1.807) is 6.07 Å². The van der Waals surface area contributed by atoms with Crippen LogP contribution in [0, 0.1) is 18.6 Å². The van der Waals surface area contributed by atoms with E-state index < -0.39 is 53.1 Å². The van der Waals surface area contributed by atoms with Crippen LogP contribution in [0.2, 0.25) is 5.02 Å². The van der Waals surface area contributed by atoms with E-state index in [1.165, 1.54) is 12.1 Å². The van der Waals surface area contributed by atoms with Gasteiger partial charge in [-0.15, -0.1) is 0 Å². The van der Waals surface area contributed by atoms with Gasteiger partial charge in [-0.1, -0.05) is 151 Å². The van der Waals surface area contributed by atoms with Crippen molar-refractivity contribution in [2.45, 2.75) is 69.8 Å². The summed E-state index contributed by atoms with van der Waals surface area (Å²) in [6.45, 7) is 2.96. The van der Waals surface area contributed by atoms with Gasteiger partial charge < -0.3 is 28.8 Å². The molecule has 9 heteroatoms. The summed E-state index contributed by atoms with van der Waals surface area (Å²) in [7, 11) is 0. The van der Waals surface area contributed by atoms with Crippen LogP contribution in [0.15, 0.2) is 152 Å². The third-order valence-electron chi connectivity index (χ3n) is 10.5. The van der Waals surface area contributed by atoms with Gasteiger partial charge in [0, 0.05) is 5.92 Å². The number of hydrogen-bond donors (Lipinski definition) is 1. The second kappa shape index (κ2) is 20.3. The van der Waals surface area contributed by atoms with Gasteiger partial charge in [0.15, 0.2) is 0 Å². The molecule has 0 aromatic heterocycles. The molecule has 6 nitrogen and oxygen atoms in total. The van der Waals surface area contributed by atoms with Gasteiger partial charge in [0.2, 0.25) is 0 Å². The Kier molecular flexibility index (Phi) is 14.5. The van der Waals surface area contributed by atoms with Gasteiger partial charge in [-0.25, -0.2) is 8.78 Å². The van der Waals surface area contributed by atoms with Crippen molar-refractivity contribution < 1.29 is 37.6 Å². The Morgan fingerprint density at radius 2 is 1.05 bits per heavy atom. The highest BCUT2D eigenvalue weighted by Crippen LogP contribution is 2.39. The van der Waals surface area contributed by atoms with Gasteiger partial charge >= 0.3 is 0 Å². The molecule has 58 heavy (non-hydrogen) atoms. The first-order chi connectivity index (χ1) is 28.4. The monoisotopic (exact) mass is 804 g/mol. The molecular formula is C49H47ClF2O6. The summed E-state index contributed by atoms with van der Waals surface area (Å²) in [5.74, 6) is -2.29. The number of ether oxygens (including phenoxy) is 5. The summed E-state index contributed by atoms with van der Waals surface area (Å²) in [6, 6.07) is 47.6. The smallest absolute Gasteiger partial charge is 0.145 e. The van der Waals surface area contributed by atoms with E-state index in [4.69, 9.17) is 35.3 Å². The average Bonchev–Trinajstić information content (AvgIpc) is 3.26. The molecule has 6 atom stereocenters. The molecule has 0 spiro atoms. The van der Waals surface area contributed by atoms with Crippen LogP contribution in [0.1, 0.15) is 39.3 Å². The number of benzene rings is 6. The van der Waals surface area contributed by atoms with Gasteiger partial charge in [0.1, 0.15) is 41.1 Å². The number of rotatable bonds is 17. The number of halogens is 3. The van der Waals surface area contributed by atoms with Crippen LogP contribution in [-0.4, -0.2) is 48.8 Å². The Hall–Kier alpha value is -4.77. The van der Waals surface area contributed by atoms with Crippen LogP contribution in [0.25, 0.3) is 11.1 Å². The van der Waals surface area contributed by atoms with Crippen molar-refractivity contribution in [1.29, 1.82) is 0 Å². The quantitative estimate of drug-likeness (QED) is 0.0927. The SMILES string of the molecule is Cc1cc(-c2cc(F)c(Cl)c(F)c2)ccc1[C@@H](CO)[C@H]1O[C@H](COCc2ccccc2)[C@@H](OCc2ccccc2)[C@H](OCc2ccccc2)[C@@H]1OCc1ccccc1. The van der Waals surface area contributed by atoms with E-state index in [0.717, 1.165) is 33.4 Å². The highest BCUT2D eigenvalue weighted by atomic mass is 35.5. The fourth-order valence-corrected chi connectivity index (χ4v) is 7.63. The summed E-state index contributed by atoms with van der Waals surface area (Å²) in [6.07, 6.45) is -3.43. The van der Waals surface area contributed by atoms with Gasteiger partial charge in [0.25, 0.3) is 0 Å². The normalized spacial score (nSPS) is 19.8. The van der Waals surface area contributed by atoms with Gasteiger partial charge in [-0.2, -0.15) is 0 Å². The van der Waals surface area contributed by atoms with E-state index in [1.807, 2.05) is 140 Å². The van der Waals surface area contributed by atoms with Crippen molar-refractivity contribution >= 4 is 11.6 Å². The second-order valence-electron chi connectivity index (χ2n) is 14.5. The van der Waals surface area contributed by atoms with E-state index in [9.17, 15) is 13.9 Å². The van der Waals surface area contributed by atoms with E-state index in [-0.39, 0.29) is 26.4 Å². The molecule has 0 radical (unpaired) electrons. The van der Waals surface area contributed by atoms with Crippen LogP contribution in [0.5, 0.6) is 0 Å². The molecule has 300 valence electrons. The lowest BCUT2D eigenvalue weighted by atomic mass is 9.82. The predicted molar refractivity (Wildman–Crippen MR) is 221 cm³/mol. The number of aliphatic hydroxyl groups excluding tert-OH is 1. The van der Waals surface area contributed by atoms with Gasteiger partial charge in [-0.3, -0.25) is 0 Å². The maximum Gasteiger partial charge on any atom is 0.145 e. The lowest BCUT2D eigenvalue weighted by molar-refractivity contribution is -0.277. The molecule has 1 aliphatic rings. The molecular weight excluding hydrogens is 758 g/mol. The molecule has 1 N–H and O–H groups in total. The van der Waals surface area contributed by atoms with Crippen LogP contribution in [0.3, 0.4) is 0 Å². The maximum atomic E-state index is 14.5. The molecule has 0 unspecified atom stereocenters. The zero-order chi connectivity index (χ0) is 40.3. The van der Waals surface area contributed by atoms with Crippen molar-refractivity contribution in [2.75, 3.05) is 13.2 Å². The number of aryl methyl sites for hydroxylation is 1. The highest BCUT2D eigenvalue weighted by molar-refractivity contribution is 6.31. The lowest BCUT2D eigenvalue weighted by Gasteiger charge is -2.48. The molecule has 1 heterocycles. The Morgan fingerprint density at radius 3 is 1.53 bits per heavy atom. The Bertz CT molecular complexity index is 2150. The van der Waals surface area contributed by atoms with Crippen LogP contribution < -0.4 is 0 Å². The minimum Gasteiger partial charge on any atom is -0.396 e. The molecule has 0 amide bonds. The first-order valence-corrected chi connectivity index (χ1v) is 19.9. The molecule has 7 rings (SSSR count). The van der Waals surface area contributed by atoms with E-state index in [2.05, 4.69) is 0 Å². The Morgan fingerprint density at radius 1 is 0.586 bits per heavy atom.